The average Bonchev–Trinajstić information content (AvgIpc) is 2.67. The molecule has 27 heavy (non-hydrogen) atoms. The number of carbonyl (C=O) groups excluding carboxylic acids is 2. The number of ether oxygens (including phenoxy) is 1. The molecule has 0 saturated heterocycles. The van der Waals surface area contributed by atoms with Gasteiger partial charge in [0.2, 0.25) is 5.91 Å². The molecular weight excluding hydrogens is 340 g/mol. The Balaban J connectivity index is 1.65. The van der Waals surface area contributed by atoms with E-state index in [0.29, 0.717) is 25.3 Å². The number of nitrogens with one attached hydrogen (secondary N) is 1. The summed E-state index contributed by atoms with van der Waals surface area (Å²) in [6.07, 6.45) is 0.812. The number of hydrogen-bond donors (Lipinski definition) is 1. The lowest BCUT2D eigenvalue weighted by atomic mass is 9.99. The molecule has 5 heteroatoms. The van der Waals surface area contributed by atoms with Crippen molar-refractivity contribution >= 4 is 11.8 Å². The van der Waals surface area contributed by atoms with Gasteiger partial charge in [-0.2, -0.15) is 0 Å². The van der Waals surface area contributed by atoms with E-state index >= 15 is 0 Å². The molecule has 1 aliphatic rings. The van der Waals surface area contributed by atoms with E-state index in [9.17, 15) is 9.59 Å². The van der Waals surface area contributed by atoms with Crippen LogP contribution < -0.4 is 10.1 Å². The standard InChI is InChI=1S/C22H26N2O3/c1-4-27-20-9-8-17-10-11-24(14-19(17)13-20)22(26)16(3)23-21(25)18-7-5-6-15(2)12-18/h5-9,12-13,16H,4,10-11,14H2,1-3H3,(H,23,25). The Morgan fingerprint density at radius 3 is 2.74 bits per heavy atom. The van der Waals surface area contributed by atoms with E-state index in [1.807, 2.05) is 44.2 Å². The van der Waals surface area contributed by atoms with Crippen molar-refractivity contribution in [1.82, 2.24) is 10.2 Å². The highest BCUT2D eigenvalue weighted by molar-refractivity contribution is 5.97. The first kappa shape index (κ1) is 19.0. The van der Waals surface area contributed by atoms with Crippen LogP contribution in [-0.4, -0.2) is 35.9 Å². The van der Waals surface area contributed by atoms with E-state index in [4.69, 9.17) is 4.74 Å². The minimum atomic E-state index is -0.574. The monoisotopic (exact) mass is 366 g/mol. The second kappa shape index (κ2) is 8.25. The van der Waals surface area contributed by atoms with Gasteiger partial charge in [0.25, 0.3) is 5.91 Å². The van der Waals surface area contributed by atoms with Gasteiger partial charge in [-0.25, -0.2) is 0 Å². The highest BCUT2D eigenvalue weighted by Crippen LogP contribution is 2.24. The largest absolute Gasteiger partial charge is 0.494 e. The number of aryl methyl sites for hydroxylation is 1. The van der Waals surface area contributed by atoms with Crippen LogP contribution in [0.25, 0.3) is 0 Å². The molecule has 142 valence electrons. The Morgan fingerprint density at radius 2 is 2.00 bits per heavy atom. The SMILES string of the molecule is CCOc1ccc2c(c1)CN(C(=O)C(C)NC(=O)c1cccc(C)c1)CC2. The first-order valence-electron chi connectivity index (χ1n) is 9.39. The molecule has 3 rings (SSSR count). The zero-order valence-electron chi connectivity index (χ0n) is 16.1. The summed E-state index contributed by atoms with van der Waals surface area (Å²) in [5.74, 6) is 0.533. The molecule has 1 aliphatic heterocycles. The predicted molar refractivity (Wildman–Crippen MR) is 105 cm³/mol. The summed E-state index contributed by atoms with van der Waals surface area (Å²) in [6.45, 7) is 7.44. The lowest BCUT2D eigenvalue weighted by Crippen LogP contribution is -2.48. The molecule has 2 aromatic rings. The van der Waals surface area contributed by atoms with Gasteiger partial charge in [0.15, 0.2) is 0 Å². The Labute approximate surface area is 160 Å². The molecule has 5 nitrogen and oxygen atoms in total. The maximum atomic E-state index is 12.8. The van der Waals surface area contributed by atoms with Crippen LogP contribution in [0.1, 0.15) is 40.9 Å². The van der Waals surface area contributed by atoms with E-state index in [1.165, 1.54) is 5.56 Å². The normalized spacial score (nSPS) is 14.3. The van der Waals surface area contributed by atoms with Crippen molar-refractivity contribution in [1.29, 1.82) is 0 Å². The Morgan fingerprint density at radius 1 is 1.19 bits per heavy atom. The van der Waals surface area contributed by atoms with Crippen LogP contribution in [0.2, 0.25) is 0 Å². The molecule has 1 heterocycles. The molecule has 0 bridgehead atoms. The van der Waals surface area contributed by atoms with E-state index in [1.54, 1.807) is 17.9 Å². The average molecular weight is 366 g/mol. The number of fused-ring (bicyclic) bond motifs is 1. The molecule has 1 unspecified atom stereocenters. The molecule has 0 aromatic heterocycles. The molecule has 0 radical (unpaired) electrons. The second-order valence-electron chi connectivity index (χ2n) is 6.94. The van der Waals surface area contributed by atoms with Crippen LogP contribution in [0.5, 0.6) is 5.75 Å². The van der Waals surface area contributed by atoms with Gasteiger partial charge < -0.3 is 15.0 Å². The zero-order chi connectivity index (χ0) is 19.4. The fourth-order valence-electron chi connectivity index (χ4n) is 3.38. The third-order valence-electron chi connectivity index (χ3n) is 4.81. The lowest BCUT2D eigenvalue weighted by molar-refractivity contribution is -0.133. The zero-order valence-corrected chi connectivity index (χ0v) is 16.1. The van der Waals surface area contributed by atoms with Gasteiger partial charge in [-0.05, 0) is 62.6 Å². The minimum absolute atomic E-state index is 0.0662. The van der Waals surface area contributed by atoms with E-state index < -0.39 is 6.04 Å². The smallest absolute Gasteiger partial charge is 0.251 e. The maximum Gasteiger partial charge on any atom is 0.251 e. The first-order valence-corrected chi connectivity index (χ1v) is 9.39. The predicted octanol–water partition coefficient (Wildman–Crippen LogP) is 3.10. The summed E-state index contributed by atoms with van der Waals surface area (Å²) in [7, 11) is 0. The van der Waals surface area contributed by atoms with Crippen molar-refractivity contribution in [2.45, 2.75) is 39.8 Å². The van der Waals surface area contributed by atoms with Crippen LogP contribution in [0.4, 0.5) is 0 Å². The van der Waals surface area contributed by atoms with Crippen molar-refractivity contribution < 1.29 is 14.3 Å². The van der Waals surface area contributed by atoms with Crippen LogP contribution in [0, 0.1) is 6.92 Å². The van der Waals surface area contributed by atoms with Crippen molar-refractivity contribution in [2.24, 2.45) is 0 Å². The van der Waals surface area contributed by atoms with Crippen molar-refractivity contribution in [3.63, 3.8) is 0 Å². The molecule has 0 spiro atoms. The van der Waals surface area contributed by atoms with Gasteiger partial charge in [0, 0.05) is 18.7 Å². The molecular formula is C22H26N2O3. The maximum absolute atomic E-state index is 12.8. The van der Waals surface area contributed by atoms with Gasteiger partial charge >= 0.3 is 0 Å². The second-order valence-corrected chi connectivity index (χ2v) is 6.94. The fourth-order valence-corrected chi connectivity index (χ4v) is 3.38. The summed E-state index contributed by atoms with van der Waals surface area (Å²) in [5, 5.41) is 2.82. The van der Waals surface area contributed by atoms with E-state index in [-0.39, 0.29) is 11.8 Å². The third kappa shape index (κ3) is 4.48. The molecule has 0 fully saturated rings. The number of carbonyl (C=O) groups is 2. The van der Waals surface area contributed by atoms with Crippen LogP contribution >= 0.6 is 0 Å². The van der Waals surface area contributed by atoms with Crippen molar-refractivity contribution in [3.8, 4) is 5.75 Å². The van der Waals surface area contributed by atoms with E-state index in [0.717, 1.165) is 23.3 Å². The van der Waals surface area contributed by atoms with E-state index in [2.05, 4.69) is 11.4 Å². The first-order chi connectivity index (χ1) is 13.0. The third-order valence-corrected chi connectivity index (χ3v) is 4.81. The molecule has 2 amide bonds. The molecule has 0 aliphatic carbocycles. The van der Waals surface area contributed by atoms with Crippen molar-refractivity contribution in [3.05, 3.63) is 64.7 Å². The molecule has 0 saturated carbocycles. The number of nitrogens with zero attached hydrogens (tertiary/aromatic N) is 1. The Hall–Kier alpha value is -2.82. The molecule has 1 N–H and O–H groups in total. The van der Waals surface area contributed by atoms with Crippen LogP contribution in [-0.2, 0) is 17.8 Å². The highest BCUT2D eigenvalue weighted by atomic mass is 16.5. The summed E-state index contributed by atoms with van der Waals surface area (Å²) < 4.78 is 5.57. The fraction of sp³-hybridized carbons (Fsp3) is 0.364. The lowest BCUT2D eigenvalue weighted by Gasteiger charge is -2.31. The van der Waals surface area contributed by atoms with Gasteiger partial charge in [-0.15, -0.1) is 0 Å². The van der Waals surface area contributed by atoms with Gasteiger partial charge in [-0.3, -0.25) is 9.59 Å². The number of benzene rings is 2. The van der Waals surface area contributed by atoms with Crippen LogP contribution in [0.15, 0.2) is 42.5 Å². The van der Waals surface area contributed by atoms with Gasteiger partial charge in [0.1, 0.15) is 11.8 Å². The summed E-state index contributed by atoms with van der Waals surface area (Å²) in [5.41, 5.74) is 3.94. The number of hydrogen-bond acceptors (Lipinski definition) is 3. The molecule has 2 aromatic carbocycles. The Bertz CT molecular complexity index is 847. The summed E-state index contributed by atoms with van der Waals surface area (Å²) in [6, 6.07) is 12.8. The van der Waals surface area contributed by atoms with Gasteiger partial charge in [0.05, 0.1) is 6.61 Å². The molecule has 1 atom stereocenters. The van der Waals surface area contributed by atoms with Gasteiger partial charge in [-0.1, -0.05) is 23.8 Å². The quantitative estimate of drug-likeness (QED) is 0.885. The summed E-state index contributed by atoms with van der Waals surface area (Å²) in [4.78, 5) is 27.0. The van der Waals surface area contributed by atoms with Crippen molar-refractivity contribution in [2.75, 3.05) is 13.2 Å². The highest BCUT2D eigenvalue weighted by Gasteiger charge is 2.26. The van der Waals surface area contributed by atoms with Crippen LogP contribution in [0.3, 0.4) is 0 Å². The number of amides is 2. The topological polar surface area (TPSA) is 58.6 Å². The number of rotatable bonds is 5. The minimum Gasteiger partial charge on any atom is -0.494 e. The summed E-state index contributed by atoms with van der Waals surface area (Å²) >= 11 is 0. The Kier molecular flexibility index (Phi) is 5.79.